The quantitative estimate of drug-likeness (QED) is 0.623. The summed E-state index contributed by atoms with van der Waals surface area (Å²) in [4.78, 5) is 15.6. The van der Waals surface area contributed by atoms with E-state index < -0.39 is 0 Å². The van der Waals surface area contributed by atoms with Crippen molar-refractivity contribution < 1.29 is 14.3 Å². The summed E-state index contributed by atoms with van der Waals surface area (Å²) in [7, 11) is 1.51. The summed E-state index contributed by atoms with van der Waals surface area (Å²) in [6.07, 6.45) is 0. The molecule has 1 rings (SSSR count). The predicted molar refractivity (Wildman–Crippen MR) is 59.4 cm³/mol. The van der Waals surface area contributed by atoms with Gasteiger partial charge in [-0.05, 0) is 13.0 Å². The zero-order valence-electron chi connectivity index (χ0n) is 8.62. The lowest BCUT2D eigenvalue weighted by atomic mass is 10.2. The van der Waals surface area contributed by atoms with Gasteiger partial charge in [-0.15, -0.1) is 0 Å². The number of methoxy groups -OCH3 is 1. The Morgan fingerprint density at radius 1 is 1.53 bits per heavy atom. The van der Waals surface area contributed by atoms with Gasteiger partial charge >= 0.3 is 5.97 Å². The van der Waals surface area contributed by atoms with E-state index in [1.807, 2.05) is 0 Å². The van der Waals surface area contributed by atoms with E-state index in [-0.39, 0.29) is 5.97 Å². The number of rotatable bonds is 4. The minimum Gasteiger partial charge on any atom is -0.481 e. The van der Waals surface area contributed by atoms with E-state index in [0.717, 1.165) is 5.69 Å². The molecule has 1 aromatic heterocycles. The van der Waals surface area contributed by atoms with Gasteiger partial charge in [-0.1, -0.05) is 15.9 Å². The molecule has 0 atom stereocenters. The summed E-state index contributed by atoms with van der Waals surface area (Å²) in [5, 5.41) is 0.566. The Labute approximate surface area is 96.7 Å². The third kappa shape index (κ3) is 3.20. The van der Waals surface area contributed by atoms with Crippen molar-refractivity contribution in [2.45, 2.75) is 12.3 Å². The number of alkyl halides is 1. The number of halogens is 1. The molecule has 0 spiro atoms. The van der Waals surface area contributed by atoms with Gasteiger partial charge in [-0.2, -0.15) is 0 Å². The Bertz CT molecular complexity index is 332. The second kappa shape index (κ2) is 5.70. The maximum atomic E-state index is 11.5. The van der Waals surface area contributed by atoms with Crippen LogP contribution in [0.2, 0.25) is 0 Å². The van der Waals surface area contributed by atoms with Crippen molar-refractivity contribution in [2.24, 2.45) is 0 Å². The normalized spacial score (nSPS) is 9.80. The van der Waals surface area contributed by atoms with Gasteiger partial charge in [-0.3, -0.25) is 0 Å². The van der Waals surface area contributed by atoms with E-state index in [0.29, 0.717) is 23.4 Å². The molecule has 0 N–H and O–H groups in total. The molecule has 0 aromatic carbocycles. The fourth-order valence-corrected chi connectivity index (χ4v) is 1.35. The molecule has 0 aliphatic carbocycles. The average Bonchev–Trinajstić information content (AvgIpc) is 2.28. The third-order valence-electron chi connectivity index (χ3n) is 1.71. The molecule has 0 unspecified atom stereocenters. The fraction of sp³-hybridized carbons (Fsp3) is 0.400. The molecular formula is C10H12BrNO3. The van der Waals surface area contributed by atoms with Crippen LogP contribution in [0.5, 0.6) is 5.88 Å². The molecule has 1 aromatic rings. The zero-order chi connectivity index (χ0) is 11.3. The lowest BCUT2D eigenvalue weighted by Gasteiger charge is -2.05. The average molecular weight is 274 g/mol. The van der Waals surface area contributed by atoms with Gasteiger partial charge in [0.1, 0.15) is 0 Å². The summed E-state index contributed by atoms with van der Waals surface area (Å²) in [6.45, 7) is 2.12. The summed E-state index contributed by atoms with van der Waals surface area (Å²) in [5.41, 5.74) is 1.19. The van der Waals surface area contributed by atoms with Crippen molar-refractivity contribution in [1.29, 1.82) is 0 Å². The van der Waals surface area contributed by atoms with Gasteiger partial charge in [0.15, 0.2) is 0 Å². The molecule has 0 aliphatic heterocycles. The van der Waals surface area contributed by atoms with Crippen molar-refractivity contribution >= 4 is 21.9 Å². The van der Waals surface area contributed by atoms with Crippen LogP contribution in [0.15, 0.2) is 12.1 Å². The number of hydrogen-bond acceptors (Lipinski definition) is 4. The van der Waals surface area contributed by atoms with Gasteiger partial charge < -0.3 is 9.47 Å². The molecule has 4 nitrogen and oxygen atoms in total. The van der Waals surface area contributed by atoms with Crippen molar-refractivity contribution in [1.82, 2.24) is 4.98 Å². The van der Waals surface area contributed by atoms with Gasteiger partial charge in [0.2, 0.25) is 5.88 Å². The molecule has 1 heterocycles. The van der Waals surface area contributed by atoms with Gasteiger partial charge in [-0.25, -0.2) is 9.78 Å². The first-order valence-electron chi connectivity index (χ1n) is 4.49. The molecule has 15 heavy (non-hydrogen) atoms. The minimum absolute atomic E-state index is 0.354. The van der Waals surface area contributed by atoms with E-state index >= 15 is 0 Å². The molecule has 0 amide bonds. The number of pyridine rings is 1. The Hall–Kier alpha value is -1.10. The highest BCUT2D eigenvalue weighted by atomic mass is 79.9. The molecule has 82 valence electrons. The SMILES string of the molecule is CCOC(=O)c1cc(CBr)nc(OC)c1. The molecule has 0 bridgehead atoms. The minimum atomic E-state index is -0.361. The van der Waals surface area contributed by atoms with E-state index in [1.54, 1.807) is 19.1 Å². The number of carbonyl (C=O) groups is 1. The van der Waals surface area contributed by atoms with Crippen LogP contribution in [0, 0.1) is 0 Å². The lowest BCUT2D eigenvalue weighted by molar-refractivity contribution is 0.0525. The van der Waals surface area contributed by atoms with Gasteiger partial charge in [0.05, 0.1) is 25.0 Å². The highest BCUT2D eigenvalue weighted by Gasteiger charge is 2.10. The van der Waals surface area contributed by atoms with E-state index in [9.17, 15) is 4.79 Å². The van der Waals surface area contributed by atoms with E-state index in [2.05, 4.69) is 20.9 Å². The maximum absolute atomic E-state index is 11.5. The molecule has 0 saturated carbocycles. The summed E-state index contributed by atoms with van der Waals surface area (Å²) in [5.74, 6) is 0.0513. The summed E-state index contributed by atoms with van der Waals surface area (Å²) < 4.78 is 9.88. The fourth-order valence-electron chi connectivity index (χ4n) is 1.07. The number of hydrogen-bond donors (Lipinski definition) is 0. The van der Waals surface area contributed by atoms with E-state index in [4.69, 9.17) is 9.47 Å². The van der Waals surface area contributed by atoms with Crippen molar-refractivity contribution in [3.8, 4) is 5.88 Å². The topological polar surface area (TPSA) is 48.4 Å². The maximum Gasteiger partial charge on any atom is 0.338 e. The number of aromatic nitrogens is 1. The molecule has 0 radical (unpaired) electrons. The first kappa shape index (κ1) is 12.0. The Kier molecular flexibility index (Phi) is 4.55. The van der Waals surface area contributed by atoms with Gasteiger partial charge in [0, 0.05) is 11.4 Å². The molecular weight excluding hydrogens is 262 g/mol. The zero-order valence-corrected chi connectivity index (χ0v) is 10.2. The van der Waals surface area contributed by atoms with Crippen LogP contribution in [0.3, 0.4) is 0 Å². The standard InChI is InChI=1S/C10H12BrNO3/c1-3-15-10(13)7-4-8(6-11)12-9(5-7)14-2/h4-5H,3,6H2,1-2H3. The van der Waals surface area contributed by atoms with Crippen molar-refractivity contribution in [2.75, 3.05) is 13.7 Å². The number of esters is 1. The number of nitrogens with zero attached hydrogens (tertiary/aromatic N) is 1. The smallest absolute Gasteiger partial charge is 0.338 e. The van der Waals surface area contributed by atoms with Crippen LogP contribution >= 0.6 is 15.9 Å². The van der Waals surface area contributed by atoms with Crippen molar-refractivity contribution in [3.63, 3.8) is 0 Å². The highest BCUT2D eigenvalue weighted by Crippen LogP contribution is 2.15. The van der Waals surface area contributed by atoms with Crippen molar-refractivity contribution in [3.05, 3.63) is 23.4 Å². The Morgan fingerprint density at radius 2 is 2.27 bits per heavy atom. The summed E-state index contributed by atoms with van der Waals surface area (Å²) in [6, 6.07) is 3.24. The predicted octanol–water partition coefficient (Wildman–Crippen LogP) is 2.16. The first-order chi connectivity index (χ1) is 7.21. The molecule has 5 heteroatoms. The Balaban J connectivity index is 3.01. The highest BCUT2D eigenvalue weighted by molar-refractivity contribution is 9.08. The lowest BCUT2D eigenvalue weighted by Crippen LogP contribution is -2.06. The monoisotopic (exact) mass is 273 g/mol. The first-order valence-corrected chi connectivity index (χ1v) is 5.61. The van der Waals surface area contributed by atoms with Crippen LogP contribution in [-0.2, 0) is 10.1 Å². The van der Waals surface area contributed by atoms with Crippen LogP contribution in [0.1, 0.15) is 23.0 Å². The largest absolute Gasteiger partial charge is 0.481 e. The van der Waals surface area contributed by atoms with Crippen LogP contribution in [0.4, 0.5) is 0 Å². The van der Waals surface area contributed by atoms with Crippen LogP contribution in [0.25, 0.3) is 0 Å². The molecule has 0 fully saturated rings. The van der Waals surface area contributed by atoms with Crippen LogP contribution < -0.4 is 4.74 Å². The van der Waals surface area contributed by atoms with E-state index in [1.165, 1.54) is 7.11 Å². The Morgan fingerprint density at radius 3 is 2.80 bits per heavy atom. The molecule has 0 saturated heterocycles. The van der Waals surface area contributed by atoms with Gasteiger partial charge in [0.25, 0.3) is 0 Å². The third-order valence-corrected chi connectivity index (χ3v) is 2.29. The second-order valence-electron chi connectivity index (χ2n) is 2.74. The summed E-state index contributed by atoms with van der Waals surface area (Å²) >= 11 is 3.27. The number of ether oxygens (including phenoxy) is 2. The van der Waals surface area contributed by atoms with Crippen LogP contribution in [-0.4, -0.2) is 24.7 Å². The second-order valence-corrected chi connectivity index (χ2v) is 3.30. The molecule has 0 aliphatic rings. The number of carbonyl (C=O) groups excluding carboxylic acids is 1.